The van der Waals surface area contributed by atoms with Crippen molar-refractivity contribution in [2.45, 2.75) is 102 Å². The van der Waals surface area contributed by atoms with Gasteiger partial charge >= 0.3 is 0 Å². The number of amides is 3. The van der Waals surface area contributed by atoms with E-state index in [0.717, 1.165) is 38.0 Å². The quantitative estimate of drug-likeness (QED) is 0.193. The molecule has 35 heavy (non-hydrogen) atoms. The number of hydrogen-bond acceptors (Lipinski definition) is 6. The number of thioether (sulfide) groups is 1. The zero-order valence-electron chi connectivity index (χ0n) is 21.6. The van der Waals surface area contributed by atoms with Gasteiger partial charge in [-0.3, -0.25) is 19.6 Å². The Bertz CT molecular complexity index is 697. The molecular weight excluding hydrogens is 464 g/mol. The fourth-order valence-electron chi connectivity index (χ4n) is 6.32. The van der Waals surface area contributed by atoms with Gasteiger partial charge in [0.2, 0.25) is 17.7 Å². The number of nitrogens with one attached hydrogen (secondary N) is 3. The molecule has 3 aliphatic carbocycles. The van der Waals surface area contributed by atoms with Crippen LogP contribution in [-0.4, -0.2) is 71.6 Å². The van der Waals surface area contributed by atoms with Crippen LogP contribution in [0.5, 0.6) is 0 Å². The van der Waals surface area contributed by atoms with Gasteiger partial charge in [0.1, 0.15) is 6.04 Å². The highest BCUT2D eigenvalue weighted by molar-refractivity contribution is 7.99. The summed E-state index contributed by atoms with van der Waals surface area (Å²) in [7, 11) is 4.18. The second kappa shape index (κ2) is 14.4. The molecular formula is C26H46N4O4S. The first-order valence-electron chi connectivity index (χ1n) is 13.7. The van der Waals surface area contributed by atoms with Gasteiger partial charge in [-0.2, -0.15) is 11.8 Å². The van der Waals surface area contributed by atoms with Crippen molar-refractivity contribution in [1.29, 1.82) is 0 Å². The Kier molecular flexibility index (Phi) is 11.6. The summed E-state index contributed by atoms with van der Waals surface area (Å²) in [6.07, 6.45) is 13.1. The minimum Gasteiger partial charge on any atom is -0.351 e. The molecule has 4 N–H and O–H groups in total. The van der Waals surface area contributed by atoms with E-state index in [1.165, 1.54) is 38.5 Å². The lowest BCUT2D eigenvalue weighted by atomic mass is 9.68. The molecule has 0 saturated heterocycles. The first kappa shape index (κ1) is 28.3. The molecule has 3 amide bonds. The Morgan fingerprint density at radius 3 is 2.40 bits per heavy atom. The molecule has 3 rings (SSSR count). The average molecular weight is 511 g/mol. The summed E-state index contributed by atoms with van der Waals surface area (Å²) < 4.78 is 0. The largest absolute Gasteiger partial charge is 0.351 e. The third-order valence-electron chi connectivity index (χ3n) is 8.43. The van der Waals surface area contributed by atoms with Crippen LogP contribution in [-0.2, 0) is 14.4 Å². The fraction of sp³-hybridized carbons (Fsp3) is 0.885. The SMILES string of the molecule is CN(C)C1CCC(C(=O)N[C@@H](CSCCCC(=O)NO)C(=O)NC2CCCC3CCCCC32)CC1. The summed E-state index contributed by atoms with van der Waals surface area (Å²) >= 11 is 1.58. The third-order valence-corrected chi connectivity index (χ3v) is 9.58. The zero-order valence-corrected chi connectivity index (χ0v) is 22.4. The van der Waals surface area contributed by atoms with Crippen LogP contribution in [0.4, 0.5) is 0 Å². The summed E-state index contributed by atoms with van der Waals surface area (Å²) in [5, 5.41) is 15.1. The fourth-order valence-corrected chi connectivity index (χ4v) is 7.31. The Morgan fingerprint density at radius 1 is 0.971 bits per heavy atom. The van der Waals surface area contributed by atoms with Crippen molar-refractivity contribution in [2.24, 2.45) is 17.8 Å². The highest BCUT2D eigenvalue weighted by Crippen LogP contribution is 2.40. The highest BCUT2D eigenvalue weighted by Gasteiger charge is 2.37. The van der Waals surface area contributed by atoms with Gasteiger partial charge in [0, 0.05) is 30.2 Å². The van der Waals surface area contributed by atoms with Gasteiger partial charge in [-0.1, -0.05) is 32.1 Å². The number of nitrogens with zero attached hydrogens (tertiary/aromatic N) is 1. The maximum Gasteiger partial charge on any atom is 0.243 e. The van der Waals surface area contributed by atoms with E-state index < -0.39 is 11.9 Å². The van der Waals surface area contributed by atoms with E-state index in [2.05, 4.69) is 29.6 Å². The average Bonchev–Trinajstić information content (AvgIpc) is 2.87. The molecule has 0 heterocycles. The van der Waals surface area contributed by atoms with Gasteiger partial charge in [0.25, 0.3) is 0 Å². The lowest BCUT2D eigenvalue weighted by Gasteiger charge is -2.42. The minimum absolute atomic E-state index is 0.00167. The summed E-state index contributed by atoms with van der Waals surface area (Å²) in [5.74, 6) is 2.00. The molecule has 200 valence electrons. The smallest absolute Gasteiger partial charge is 0.243 e. The zero-order chi connectivity index (χ0) is 25.2. The molecule has 0 aromatic rings. The van der Waals surface area contributed by atoms with E-state index in [0.29, 0.717) is 29.9 Å². The lowest BCUT2D eigenvalue weighted by Crippen LogP contribution is -2.55. The number of hydrogen-bond donors (Lipinski definition) is 4. The van der Waals surface area contributed by atoms with Crippen LogP contribution in [0.25, 0.3) is 0 Å². The number of carbonyl (C=O) groups is 3. The molecule has 0 aromatic heterocycles. The van der Waals surface area contributed by atoms with E-state index in [4.69, 9.17) is 5.21 Å². The van der Waals surface area contributed by atoms with E-state index in [1.807, 2.05) is 0 Å². The van der Waals surface area contributed by atoms with Gasteiger partial charge in [0.15, 0.2) is 0 Å². The molecule has 3 aliphatic rings. The standard InChI is InChI=1S/C26H46N4O4S/c1-30(2)20-14-12-19(13-15-20)25(32)28-23(17-35-16-6-11-24(31)29-34)26(33)27-22-10-5-8-18-7-3-4-9-21(18)22/h18-23,34H,3-17H2,1-2H3,(H,27,33)(H,28,32)(H,29,31)/t18?,19?,20?,21?,22?,23-/m0/s1. The van der Waals surface area contributed by atoms with Crippen LogP contribution in [0.15, 0.2) is 0 Å². The lowest BCUT2D eigenvalue weighted by molar-refractivity contribution is -0.132. The van der Waals surface area contributed by atoms with Crippen molar-refractivity contribution in [2.75, 3.05) is 25.6 Å². The maximum absolute atomic E-state index is 13.4. The topological polar surface area (TPSA) is 111 Å². The van der Waals surface area contributed by atoms with Gasteiger partial charge < -0.3 is 15.5 Å². The second-order valence-corrected chi connectivity index (χ2v) is 12.1. The van der Waals surface area contributed by atoms with Gasteiger partial charge in [-0.05, 0) is 76.6 Å². The summed E-state index contributed by atoms with van der Waals surface area (Å²) in [6, 6.07) is 0.184. The Morgan fingerprint density at radius 2 is 1.69 bits per heavy atom. The third kappa shape index (κ3) is 8.64. The molecule has 9 heteroatoms. The number of rotatable bonds is 11. The van der Waals surface area contributed by atoms with Gasteiger partial charge in [-0.15, -0.1) is 0 Å². The molecule has 0 bridgehead atoms. The van der Waals surface area contributed by atoms with Gasteiger partial charge in [-0.25, -0.2) is 5.48 Å². The molecule has 8 nitrogen and oxygen atoms in total. The molecule has 0 aromatic carbocycles. The minimum atomic E-state index is -0.560. The van der Waals surface area contributed by atoms with Crippen LogP contribution in [0.1, 0.15) is 83.5 Å². The summed E-state index contributed by atoms with van der Waals surface area (Å²) in [5.41, 5.74) is 1.65. The molecule has 3 fully saturated rings. The maximum atomic E-state index is 13.4. The molecule has 3 saturated carbocycles. The van der Waals surface area contributed by atoms with E-state index in [9.17, 15) is 14.4 Å². The van der Waals surface area contributed by atoms with Crippen LogP contribution in [0.2, 0.25) is 0 Å². The highest BCUT2D eigenvalue weighted by atomic mass is 32.2. The predicted molar refractivity (Wildman–Crippen MR) is 139 cm³/mol. The van der Waals surface area contributed by atoms with Crippen LogP contribution in [0.3, 0.4) is 0 Å². The summed E-state index contributed by atoms with van der Waals surface area (Å²) in [6.45, 7) is 0. The Labute approximate surface area is 215 Å². The molecule has 3 unspecified atom stereocenters. The molecule has 4 atom stereocenters. The Hall–Kier alpha value is -1.32. The molecule has 0 spiro atoms. The number of carbonyl (C=O) groups excluding carboxylic acids is 3. The summed E-state index contributed by atoms with van der Waals surface area (Å²) in [4.78, 5) is 40.0. The number of fused-ring (bicyclic) bond motifs is 1. The van der Waals surface area contributed by atoms with E-state index in [-0.39, 0.29) is 30.2 Å². The van der Waals surface area contributed by atoms with Crippen molar-refractivity contribution in [3.05, 3.63) is 0 Å². The molecule has 0 aliphatic heterocycles. The molecule has 0 radical (unpaired) electrons. The monoisotopic (exact) mass is 510 g/mol. The van der Waals surface area contributed by atoms with Gasteiger partial charge in [0.05, 0.1) is 0 Å². The van der Waals surface area contributed by atoms with Crippen LogP contribution >= 0.6 is 11.8 Å². The normalized spacial score (nSPS) is 29.7. The first-order valence-corrected chi connectivity index (χ1v) is 14.8. The van der Waals surface area contributed by atoms with Crippen molar-refractivity contribution in [3.8, 4) is 0 Å². The second-order valence-electron chi connectivity index (χ2n) is 11.0. The van der Waals surface area contributed by atoms with Crippen molar-refractivity contribution >= 4 is 29.5 Å². The van der Waals surface area contributed by atoms with Crippen LogP contribution in [0, 0.1) is 17.8 Å². The number of hydroxylamine groups is 1. The van der Waals surface area contributed by atoms with Crippen molar-refractivity contribution in [1.82, 2.24) is 21.0 Å². The van der Waals surface area contributed by atoms with Crippen molar-refractivity contribution in [3.63, 3.8) is 0 Å². The van der Waals surface area contributed by atoms with Crippen molar-refractivity contribution < 1.29 is 19.6 Å². The predicted octanol–water partition coefficient (Wildman–Crippen LogP) is 3.09. The van der Waals surface area contributed by atoms with Crippen LogP contribution < -0.4 is 16.1 Å². The van der Waals surface area contributed by atoms with E-state index >= 15 is 0 Å². The Balaban J connectivity index is 1.55. The van der Waals surface area contributed by atoms with E-state index in [1.54, 1.807) is 17.2 Å². The first-order chi connectivity index (χ1) is 16.9.